The second-order valence-corrected chi connectivity index (χ2v) is 4.45. The molecule has 0 aromatic heterocycles. The molecule has 0 fully saturated rings. The molecule has 18 heavy (non-hydrogen) atoms. The SMILES string of the molecule is COC(OC)(O[Si])c1ccccc1CCCCCl. The third-order valence-corrected chi connectivity index (χ3v) is 3.38. The van der Waals surface area contributed by atoms with E-state index in [9.17, 15) is 0 Å². The normalized spacial score (nSPS) is 11.8. The van der Waals surface area contributed by atoms with Gasteiger partial charge < -0.3 is 13.9 Å². The lowest BCUT2D eigenvalue weighted by Gasteiger charge is -2.31. The zero-order chi connectivity index (χ0) is 13.4. The maximum Gasteiger partial charge on any atom is 0.301 e. The van der Waals surface area contributed by atoms with Crippen LogP contribution in [0.2, 0.25) is 0 Å². The lowest BCUT2D eigenvalue weighted by Crippen LogP contribution is -2.34. The van der Waals surface area contributed by atoms with Gasteiger partial charge in [-0.2, -0.15) is 0 Å². The van der Waals surface area contributed by atoms with Crippen molar-refractivity contribution in [1.82, 2.24) is 0 Å². The molecule has 0 bridgehead atoms. The Labute approximate surface area is 117 Å². The minimum absolute atomic E-state index is 0.677. The van der Waals surface area contributed by atoms with Crippen LogP contribution in [0.1, 0.15) is 24.0 Å². The van der Waals surface area contributed by atoms with E-state index in [2.05, 4.69) is 10.5 Å². The van der Waals surface area contributed by atoms with Gasteiger partial charge in [0, 0.05) is 25.7 Å². The highest BCUT2D eigenvalue weighted by Gasteiger charge is 2.33. The molecule has 1 rings (SSSR count). The molecule has 0 saturated heterocycles. The predicted octanol–water partition coefficient (Wildman–Crippen LogP) is 2.75. The van der Waals surface area contributed by atoms with E-state index in [1.807, 2.05) is 24.3 Å². The van der Waals surface area contributed by atoms with E-state index in [1.165, 1.54) is 0 Å². The molecule has 0 aliphatic rings. The van der Waals surface area contributed by atoms with Crippen molar-refractivity contribution in [3.05, 3.63) is 35.4 Å². The number of rotatable bonds is 8. The van der Waals surface area contributed by atoms with Gasteiger partial charge in [0.25, 0.3) is 10.5 Å². The summed E-state index contributed by atoms with van der Waals surface area (Å²) in [5.41, 5.74) is 1.99. The van der Waals surface area contributed by atoms with Gasteiger partial charge in [0.1, 0.15) is 0 Å². The summed E-state index contributed by atoms with van der Waals surface area (Å²) in [4.78, 5) is 0. The van der Waals surface area contributed by atoms with Gasteiger partial charge in [0.05, 0.1) is 0 Å². The number of benzene rings is 1. The Bertz CT molecular complexity index is 348. The van der Waals surface area contributed by atoms with Crippen molar-refractivity contribution in [3.63, 3.8) is 0 Å². The van der Waals surface area contributed by atoms with Crippen LogP contribution in [0.25, 0.3) is 0 Å². The first-order valence-corrected chi connectivity index (χ1v) is 6.77. The number of aryl methyl sites for hydroxylation is 1. The van der Waals surface area contributed by atoms with Gasteiger partial charge in [0.2, 0.25) is 0 Å². The minimum Gasteiger partial charge on any atom is -0.367 e. The highest BCUT2D eigenvalue weighted by molar-refractivity contribution is 6.17. The first-order valence-electron chi connectivity index (χ1n) is 5.83. The molecule has 5 heteroatoms. The molecule has 1 aromatic rings. The first-order chi connectivity index (χ1) is 8.74. The lowest BCUT2D eigenvalue weighted by molar-refractivity contribution is -0.334. The van der Waals surface area contributed by atoms with Crippen LogP contribution in [-0.2, 0) is 26.3 Å². The molecule has 0 unspecified atom stereocenters. The summed E-state index contributed by atoms with van der Waals surface area (Å²) in [6, 6.07) is 7.90. The zero-order valence-electron chi connectivity index (χ0n) is 10.7. The quantitative estimate of drug-likeness (QED) is 0.318. The molecule has 0 aliphatic heterocycles. The van der Waals surface area contributed by atoms with Gasteiger partial charge in [-0.3, -0.25) is 0 Å². The van der Waals surface area contributed by atoms with E-state index in [4.69, 9.17) is 25.5 Å². The van der Waals surface area contributed by atoms with Crippen LogP contribution in [0, 0.1) is 0 Å². The van der Waals surface area contributed by atoms with E-state index in [0.717, 1.165) is 30.4 Å². The number of ether oxygens (including phenoxy) is 2. The van der Waals surface area contributed by atoms with Crippen molar-refractivity contribution in [2.75, 3.05) is 20.1 Å². The number of unbranched alkanes of at least 4 members (excludes halogenated alkanes) is 1. The number of hydrogen-bond acceptors (Lipinski definition) is 3. The molecule has 0 amide bonds. The lowest BCUT2D eigenvalue weighted by atomic mass is 10.0. The van der Waals surface area contributed by atoms with E-state index in [0.29, 0.717) is 5.88 Å². The molecule has 0 aliphatic carbocycles. The minimum atomic E-state index is -1.21. The monoisotopic (exact) mass is 285 g/mol. The van der Waals surface area contributed by atoms with E-state index in [-0.39, 0.29) is 0 Å². The molecule has 1 aromatic carbocycles. The number of halogens is 1. The average Bonchev–Trinajstić information content (AvgIpc) is 2.43. The van der Waals surface area contributed by atoms with Gasteiger partial charge in [-0.1, -0.05) is 24.3 Å². The smallest absolute Gasteiger partial charge is 0.301 e. The maximum absolute atomic E-state index is 5.70. The number of methoxy groups -OCH3 is 2. The largest absolute Gasteiger partial charge is 0.367 e. The van der Waals surface area contributed by atoms with Crippen molar-refractivity contribution in [2.45, 2.75) is 25.2 Å². The summed E-state index contributed by atoms with van der Waals surface area (Å²) in [5, 5.41) is 0. The van der Waals surface area contributed by atoms with Gasteiger partial charge in [-0.05, 0) is 24.8 Å². The molecule has 3 radical (unpaired) electrons. The Balaban J connectivity index is 2.99. The van der Waals surface area contributed by atoms with Crippen LogP contribution in [0.15, 0.2) is 24.3 Å². The Morgan fingerprint density at radius 2 is 1.83 bits per heavy atom. The van der Waals surface area contributed by atoms with Gasteiger partial charge >= 0.3 is 5.97 Å². The molecular formula is C13H18ClO3Si. The Kier molecular flexibility index (Phi) is 6.89. The fourth-order valence-corrected chi connectivity index (χ4v) is 2.35. The summed E-state index contributed by atoms with van der Waals surface area (Å²) < 4.78 is 15.9. The second-order valence-electron chi connectivity index (χ2n) is 3.87. The van der Waals surface area contributed by atoms with Crippen molar-refractivity contribution < 1.29 is 13.9 Å². The summed E-state index contributed by atoms with van der Waals surface area (Å²) in [5.74, 6) is -0.537. The fourth-order valence-electron chi connectivity index (χ4n) is 1.89. The van der Waals surface area contributed by atoms with Crippen molar-refractivity contribution in [3.8, 4) is 0 Å². The maximum atomic E-state index is 5.70. The van der Waals surface area contributed by atoms with Crippen molar-refractivity contribution in [2.24, 2.45) is 0 Å². The third kappa shape index (κ3) is 3.55. The number of hydrogen-bond donors (Lipinski definition) is 0. The van der Waals surface area contributed by atoms with Crippen LogP contribution in [0.3, 0.4) is 0 Å². The van der Waals surface area contributed by atoms with Crippen LogP contribution < -0.4 is 0 Å². The summed E-state index contributed by atoms with van der Waals surface area (Å²) in [6.45, 7) is 0. The first kappa shape index (κ1) is 15.7. The van der Waals surface area contributed by atoms with Crippen molar-refractivity contribution >= 4 is 22.1 Å². The molecule has 0 spiro atoms. The Hall–Kier alpha value is -0.393. The molecule has 99 valence electrons. The molecular weight excluding hydrogens is 268 g/mol. The van der Waals surface area contributed by atoms with E-state index < -0.39 is 5.97 Å². The standard InChI is InChI=1S/C13H18ClO3Si/c1-15-13(16-2,17-18)12-9-4-3-7-11(12)8-5-6-10-14/h3-4,7,9H,5-6,8,10H2,1-2H3. The van der Waals surface area contributed by atoms with Crippen LogP contribution in [0.4, 0.5) is 0 Å². The highest BCUT2D eigenvalue weighted by atomic mass is 35.5. The predicted molar refractivity (Wildman–Crippen MR) is 72.6 cm³/mol. The van der Waals surface area contributed by atoms with Gasteiger partial charge in [-0.15, -0.1) is 11.6 Å². The summed E-state index contributed by atoms with van der Waals surface area (Å²) >= 11 is 5.70. The molecule has 0 N–H and O–H groups in total. The Morgan fingerprint density at radius 1 is 1.17 bits per heavy atom. The van der Waals surface area contributed by atoms with E-state index >= 15 is 0 Å². The van der Waals surface area contributed by atoms with Crippen LogP contribution >= 0.6 is 11.6 Å². The van der Waals surface area contributed by atoms with Crippen LogP contribution in [0.5, 0.6) is 0 Å². The second kappa shape index (κ2) is 7.91. The average molecular weight is 286 g/mol. The molecule has 0 heterocycles. The van der Waals surface area contributed by atoms with Crippen molar-refractivity contribution in [1.29, 1.82) is 0 Å². The Morgan fingerprint density at radius 3 is 2.39 bits per heavy atom. The van der Waals surface area contributed by atoms with E-state index in [1.54, 1.807) is 14.2 Å². The van der Waals surface area contributed by atoms with Gasteiger partial charge in [-0.25, -0.2) is 0 Å². The highest BCUT2D eigenvalue weighted by Crippen LogP contribution is 2.30. The molecule has 0 atom stereocenters. The fraction of sp³-hybridized carbons (Fsp3) is 0.538. The molecule has 3 nitrogen and oxygen atoms in total. The topological polar surface area (TPSA) is 27.7 Å². The van der Waals surface area contributed by atoms with Gasteiger partial charge in [0.15, 0.2) is 0 Å². The number of alkyl halides is 1. The summed E-state index contributed by atoms with van der Waals surface area (Å²) in [7, 11) is 6.11. The zero-order valence-corrected chi connectivity index (χ0v) is 12.5. The van der Waals surface area contributed by atoms with Crippen LogP contribution in [-0.4, -0.2) is 30.6 Å². The summed E-state index contributed by atoms with van der Waals surface area (Å²) in [6.07, 6.45) is 2.91. The molecule has 0 saturated carbocycles. The third-order valence-electron chi connectivity index (χ3n) is 2.85.